The number of carbonyl (C=O) groups excluding carboxylic acids is 1. The van der Waals surface area contributed by atoms with Gasteiger partial charge in [-0.25, -0.2) is 0 Å². The number of nitrogens with one attached hydrogen (secondary N) is 1. The Morgan fingerprint density at radius 1 is 1.03 bits per heavy atom. The van der Waals surface area contributed by atoms with Crippen molar-refractivity contribution in [2.24, 2.45) is 0 Å². The lowest BCUT2D eigenvalue weighted by Crippen LogP contribution is -2.21. The predicted molar refractivity (Wildman–Crippen MR) is 116 cm³/mol. The van der Waals surface area contributed by atoms with Crippen LogP contribution in [0.25, 0.3) is 5.69 Å². The maximum Gasteiger partial charge on any atom is 0.271 e. The second kappa shape index (κ2) is 8.62. The molecule has 1 N–H and O–H groups in total. The normalized spacial score (nSPS) is 12.5. The molecular formula is C22H21N3O4S. The summed E-state index contributed by atoms with van der Waals surface area (Å²) in [6.07, 6.45) is 0. The Morgan fingerprint density at radius 2 is 1.83 bits per heavy atom. The van der Waals surface area contributed by atoms with E-state index in [-0.39, 0.29) is 17.2 Å². The first-order chi connectivity index (χ1) is 14.5. The van der Waals surface area contributed by atoms with Gasteiger partial charge in [-0.1, -0.05) is 17.8 Å². The number of carbonyl (C=O) groups is 1. The first-order valence-corrected chi connectivity index (χ1v) is 10.5. The van der Waals surface area contributed by atoms with Gasteiger partial charge in [0.05, 0.1) is 11.4 Å². The average molecular weight is 423 g/mol. The second-order valence-corrected chi connectivity index (χ2v) is 7.88. The molecule has 0 atom stereocenters. The molecule has 7 nitrogen and oxygen atoms in total. The summed E-state index contributed by atoms with van der Waals surface area (Å²) >= 11 is 1.26. The summed E-state index contributed by atoms with van der Waals surface area (Å²) in [7, 11) is 0. The van der Waals surface area contributed by atoms with Gasteiger partial charge in [0.15, 0.2) is 11.5 Å². The number of aromatic nitrogens is 2. The third-order valence-corrected chi connectivity index (χ3v) is 5.61. The Kier molecular flexibility index (Phi) is 5.76. The standard InChI is InChI=1S/C22H21N3O4S/c1-14-3-5-17(11-15(14)2)25-22(27)8-7-21(24-25)30-13-20(26)23-16-4-6-18-19(12-16)29-10-9-28-18/h3-8,11-12H,9-10,13H2,1-2H3,(H,23,26). The van der Waals surface area contributed by atoms with E-state index in [2.05, 4.69) is 10.4 Å². The van der Waals surface area contributed by atoms with Gasteiger partial charge in [-0.2, -0.15) is 9.78 Å². The van der Waals surface area contributed by atoms with Gasteiger partial charge in [-0.15, -0.1) is 0 Å². The molecule has 4 rings (SSSR count). The number of aryl methyl sites for hydroxylation is 2. The zero-order valence-electron chi connectivity index (χ0n) is 16.7. The number of hydrogen-bond acceptors (Lipinski definition) is 6. The molecule has 0 spiro atoms. The van der Waals surface area contributed by atoms with Crippen molar-refractivity contribution >= 4 is 23.4 Å². The highest BCUT2D eigenvalue weighted by atomic mass is 32.2. The van der Waals surface area contributed by atoms with Crippen LogP contribution in [0.3, 0.4) is 0 Å². The number of hydrogen-bond donors (Lipinski definition) is 1. The van der Waals surface area contributed by atoms with Crippen LogP contribution in [0.2, 0.25) is 0 Å². The molecule has 1 amide bonds. The Morgan fingerprint density at radius 3 is 2.63 bits per heavy atom. The molecule has 0 bridgehead atoms. The average Bonchev–Trinajstić information content (AvgIpc) is 2.75. The monoisotopic (exact) mass is 423 g/mol. The van der Waals surface area contributed by atoms with Crippen molar-refractivity contribution in [1.82, 2.24) is 9.78 Å². The van der Waals surface area contributed by atoms with Crippen molar-refractivity contribution in [1.29, 1.82) is 0 Å². The minimum absolute atomic E-state index is 0.159. The number of rotatable bonds is 5. The zero-order chi connectivity index (χ0) is 21.1. The number of amides is 1. The van der Waals surface area contributed by atoms with Crippen molar-refractivity contribution in [3.63, 3.8) is 0 Å². The van der Waals surface area contributed by atoms with Crippen LogP contribution in [0.4, 0.5) is 5.69 Å². The van der Waals surface area contributed by atoms with Crippen LogP contribution in [0.15, 0.2) is 58.4 Å². The first-order valence-electron chi connectivity index (χ1n) is 9.50. The fourth-order valence-electron chi connectivity index (χ4n) is 2.97. The summed E-state index contributed by atoms with van der Waals surface area (Å²) in [4.78, 5) is 24.6. The lowest BCUT2D eigenvalue weighted by atomic mass is 10.1. The number of anilines is 1. The minimum Gasteiger partial charge on any atom is -0.486 e. The topological polar surface area (TPSA) is 82.5 Å². The SMILES string of the molecule is Cc1ccc(-n2nc(SCC(=O)Nc3ccc4c(c3)OCCO4)ccc2=O)cc1C. The van der Waals surface area contributed by atoms with Gasteiger partial charge in [0, 0.05) is 17.8 Å². The Hall–Kier alpha value is -3.26. The number of thioether (sulfide) groups is 1. The van der Waals surface area contributed by atoms with Crippen LogP contribution in [0.5, 0.6) is 11.5 Å². The molecule has 8 heteroatoms. The van der Waals surface area contributed by atoms with Crippen molar-refractivity contribution in [2.75, 3.05) is 24.3 Å². The molecule has 0 aliphatic carbocycles. The lowest BCUT2D eigenvalue weighted by molar-refractivity contribution is -0.113. The minimum atomic E-state index is -0.219. The van der Waals surface area contributed by atoms with Crippen LogP contribution in [0.1, 0.15) is 11.1 Å². The van der Waals surface area contributed by atoms with Crippen LogP contribution in [0, 0.1) is 13.8 Å². The molecule has 0 saturated heterocycles. The highest BCUT2D eigenvalue weighted by Crippen LogP contribution is 2.32. The maximum absolute atomic E-state index is 12.4. The number of nitrogens with zero attached hydrogens (tertiary/aromatic N) is 2. The Balaban J connectivity index is 1.43. The van der Waals surface area contributed by atoms with E-state index in [0.29, 0.717) is 41.1 Å². The summed E-state index contributed by atoms with van der Waals surface area (Å²) in [5, 5.41) is 7.83. The Labute approximate surface area is 178 Å². The van der Waals surface area contributed by atoms with Crippen molar-refractivity contribution in [3.8, 4) is 17.2 Å². The van der Waals surface area contributed by atoms with Gasteiger partial charge in [0.2, 0.25) is 5.91 Å². The molecule has 0 fully saturated rings. The molecule has 1 aliphatic rings. The van der Waals surface area contributed by atoms with E-state index in [4.69, 9.17) is 9.47 Å². The van der Waals surface area contributed by atoms with E-state index in [9.17, 15) is 9.59 Å². The molecule has 2 heterocycles. The van der Waals surface area contributed by atoms with E-state index < -0.39 is 0 Å². The Bertz CT molecular complexity index is 1160. The quantitative estimate of drug-likeness (QED) is 0.634. The predicted octanol–water partition coefficient (Wildman–Crippen LogP) is 3.35. The number of ether oxygens (including phenoxy) is 2. The number of fused-ring (bicyclic) bond motifs is 1. The number of benzene rings is 2. The van der Waals surface area contributed by atoms with Crippen LogP contribution in [-0.2, 0) is 4.79 Å². The van der Waals surface area contributed by atoms with E-state index >= 15 is 0 Å². The first kappa shape index (κ1) is 20.0. The highest BCUT2D eigenvalue weighted by molar-refractivity contribution is 7.99. The lowest BCUT2D eigenvalue weighted by Gasteiger charge is -2.19. The van der Waals surface area contributed by atoms with E-state index in [1.54, 1.807) is 24.3 Å². The fraction of sp³-hybridized carbons (Fsp3) is 0.227. The summed E-state index contributed by atoms with van der Waals surface area (Å²) in [6.45, 7) is 5.02. The van der Waals surface area contributed by atoms with Crippen molar-refractivity contribution < 1.29 is 14.3 Å². The molecule has 154 valence electrons. The van der Waals surface area contributed by atoms with Crippen molar-refractivity contribution in [3.05, 3.63) is 70.0 Å². The van der Waals surface area contributed by atoms with Crippen LogP contribution < -0.4 is 20.3 Å². The maximum atomic E-state index is 12.4. The molecule has 0 unspecified atom stereocenters. The molecule has 1 aliphatic heterocycles. The molecule has 2 aromatic carbocycles. The van der Waals surface area contributed by atoms with Crippen molar-refractivity contribution in [2.45, 2.75) is 18.9 Å². The molecule has 0 saturated carbocycles. The van der Waals surface area contributed by atoms with Gasteiger partial charge in [-0.05, 0) is 55.3 Å². The van der Waals surface area contributed by atoms with Gasteiger partial charge in [-0.3, -0.25) is 9.59 Å². The molecular weight excluding hydrogens is 402 g/mol. The van der Waals surface area contributed by atoms with Crippen LogP contribution >= 0.6 is 11.8 Å². The zero-order valence-corrected chi connectivity index (χ0v) is 17.5. The third-order valence-electron chi connectivity index (χ3n) is 4.69. The van der Waals surface area contributed by atoms with Crippen LogP contribution in [-0.4, -0.2) is 34.7 Å². The largest absolute Gasteiger partial charge is 0.486 e. The van der Waals surface area contributed by atoms with Gasteiger partial charge < -0.3 is 14.8 Å². The summed E-state index contributed by atoms with van der Waals surface area (Å²) in [5.41, 5.74) is 3.35. The molecule has 30 heavy (non-hydrogen) atoms. The van der Waals surface area contributed by atoms with Gasteiger partial charge in [0.1, 0.15) is 18.2 Å². The molecule has 1 aromatic heterocycles. The summed E-state index contributed by atoms with van der Waals surface area (Å²) < 4.78 is 12.4. The molecule has 3 aromatic rings. The van der Waals surface area contributed by atoms with Gasteiger partial charge in [0.25, 0.3) is 5.56 Å². The van der Waals surface area contributed by atoms with E-state index in [1.165, 1.54) is 22.5 Å². The van der Waals surface area contributed by atoms with Gasteiger partial charge >= 0.3 is 0 Å². The third kappa shape index (κ3) is 4.49. The smallest absolute Gasteiger partial charge is 0.271 e. The molecule has 0 radical (unpaired) electrons. The summed E-state index contributed by atoms with van der Waals surface area (Å²) in [5.74, 6) is 1.27. The summed E-state index contributed by atoms with van der Waals surface area (Å²) in [6, 6.07) is 14.1. The highest BCUT2D eigenvalue weighted by Gasteiger charge is 2.13. The van der Waals surface area contributed by atoms with E-state index in [0.717, 1.165) is 11.1 Å². The second-order valence-electron chi connectivity index (χ2n) is 6.89. The van der Waals surface area contributed by atoms with E-state index in [1.807, 2.05) is 32.0 Å². The fourth-order valence-corrected chi connectivity index (χ4v) is 3.63.